The largest absolute Gasteiger partial charge is 0.464 e. The molecule has 0 spiro atoms. The fourth-order valence-electron chi connectivity index (χ4n) is 2.43. The Morgan fingerprint density at radius 2 is 1.90 bits per heavy atom. The normalized spacial score (nSPS) is 11.7. The van der Waals surface area contributed by atoms with Gasteiger partial charge in [0.1, 0.15) is 13.7 Å². The summed E-state index contributed by atoms with van der Waals surface area (Å²) < 4.78 is 5.29. The molecule has 0 saturated carbocycles. The fraction of sp³-hybridized carbons (Fsp3) is 0.143. The maximum absolute atomic E-state index is 12.0. The van der Waals surface area contributed by atoms with E-state index in [1.807, 2.05) is 36.4 Å². The molecule has 8 heteroatoms. The molecule has 0 heterocycles. The number of benzene rings is 2. The van der Waals surface area contributed by atoms with Crippen molar-refractivity contribution in [2.45, 2.75) is 6.61 Å². The van der Waals surface area contributed by atoms with E-state index < -0.39 is 5.97 Å². The number of ether oxygens (including phenoxy) is 1. The van der Waals surface area contributed by atoms with Gasteiger partial charge in [0.25, 0.3) is 0 Å². The summed E-state index contributed by atoms with van der Waals surface area (Å²) >= 11 is 8.99. The molecule has 6 nitrogen and oxygen atoms in total. The summed E-state index contributed by atoms with van der Waals surface area (Å²) in [4.78, 5) is 22.3. The number of carbonyl (C=O) groups is 1. The Balaban J connectivity index is 2.05. The second-order valence-electron chi connectivity index (χ2n) is 5.70. The van der Waals surface area contributed by atoms with Crippen LogP contribution in [0.5, 0.6) is 0 Å². The standard InChI is InChI=1S/C21H20BrClN2O4/c1-14(16-10-8-15(9-11-16)12-19(22)23)24-29-13-17-6-4-5-7-18(17)20(25-28-3)21(26)27-2/h4-12,24H,1,13H2,2-3H3. The van der Waals surface area contributed by atoms with Crippen LogP contribution in [0.15, 0.2) is 64.2 Å². The Morgan fingerprint density at radius 3 is 2.52 bits per heavy atom. The van der Waals surface area contributed by atoms with Crippen molar-refractivity contribution < 1.29 is 19.2 Å². The Morgan fingerprint density at radius 1 is 1.21 bits per heavy atom. The van der Waals surface area contributed by atoms with E-state index in [4.69, 9.17) is 26.0 Å². The lowest BCUT2D eigenvalue weighted by atomic mass is 10.0. The molecule has 0 fully saturated rings. The van der Waals surface area contributed by atoms with Gasteiger partial charge in [-0.1, -0.05) is 71.9 Å². The molecule has 0 bridgehead atoms. The van der Waals surface area contributed by atoms with Crippen molar-refractivity contribution in [3.8, 4) is 0 Å². The van der Waals surface area contributed by atoms with Gasteiger partial charge in [-0.05, 0) is 38.7 Å². The van der Waals surface area contributed by atoms with Crippen LogP contribution in [0.4, 0.5) is 0 Å². The smallest absolute Gasteiger partial charge is 0.360 e. The highest BCUT2D eigenvalue weighted by Gasteiger charge is 2.19. The van der Waals surface area contributed by atoms with Gasteiger partial charge in [0.15, 0.2) is 5.71 Å². The predicted octanol–water partition coefficient (Wildman–Crippen LogP) is 4.83. The molecule has 0 atom stereocenters. The monoisotopic (exact) mass is 478 g/mol. The number of carbonyl (C=O) groups excluding carboxylic acids is 1. The first-order valence-electron chi connectivity index (χ1n) is 8.43. The molecule has 0 saturated heterocycles. The summed E-state index contributed by atoms with van der Waals surface area (Å²) in [5.41, 5.74) is 6.54. The van der Waals surface area contributed by atoms with E-state index in [9.17, 15) is 4.79 Å². The molecule has 0 unspecified atom stereocenters. The number of oxime groups is 1. The van der Waals surface area contributed by atoms with E-state index in [1.165, 1.54) is 14.2 Å². The van der Waals surface area contributed by atoms with Gasteiger partial charge in [0.2, 0.25) is 0 Å². The summed E-state index contributed by atoms with van der Waals surface area (Å²) in [5, 5.41) is 3.78. The van der Waals surface area contributed by atoms with Crippen LogP contribution in [0.25, 0.3) is 11.8 Å². The first kappa shape index (κ1) is 22.7. The quantitative estimate of drug-likeness (QED) is 0.317. The van der Waals surface area contributed by atoms with Gasteiger partial charge < -0.3 is 9.57 Å². The minimum absolute atomic E-state index is 0.0575. The Bertz CT molecular complexity index is 923. The lowest BCUT2D eigenvalue weighted by Gasteiger charge is -2.13. The fourth-order valence-corrected chi connectivity index (χ4v) is 2.82. The third-order valence-electron chi connectivity index (χ3n) is 3.79. The van der Waals surface area contributed by atoms with E-state index >= 15 is 0 Å². The van der Waals surface area contributed by atoms with Gasteiger partial charge in [-0.2, -0.15) is 0 Å². The second-order valence-corrected chi connectivity index (χ2v) is 7.41. The molecular weight excluding hydrogens is 460 g/mol. The molecule has 0 aliphatic rings. The molecule has 2 aromatic carbocycles. The second kappa shape index (κ2) is 11.4. The Labute approximate surface area is 182 Å². The number of methoxy groups -OCH3 is 1. The number of nitrogens with one attached hydrogen (secondary N) is 1. The highest BCUT2D eigenvalue weighted by atomic mass is 79.9. The van der Waals surface area contributed by atoms with Gasteiger partial charge in [-0.3, -0.25) is 10.3 Å². The summed E-state index contributed by atoms with van der Waals surface area (Å²) in [6, 6.07) is 14.8. The number of hydrogen-bond acceptors (Lipinski definition) is 6. The van der Waals surface area contributed by atoms with Crippen molar-refractivity contribution in [1.29, 1.82) is 0 Å². The number of hydrogen-bond donors (Lipinski definition) is 1. The molecule has 0 aliphatic carbocycles. The van der Waals surface area contributed by atoms with Gasteiger partial charge in [0, 0.05) is 5.56 Å². The average Bonchev–Trinajstić information content (AvgIpc) is 2.72. The third kappa shape index (κ3) is 6.74. The van der Waals surface area contributed by atoms with Crippen molar-refractivity contribution in [2.75, 3.05) is 14.2 Å². The SMILES string of the molecule is C=C(NOCc1ccccc1C(=NOC)C(=O)OC)c1ccc(C=C(Cl)Br)cc1. The van der Waals surface area contributed by atoms with Gasteiger partial charge in [0.05, 0.1) is 16.7 Å². The molecule has 29 heavy (non-hydrogen) atoms. The highest BCUT2D eigenvalue weighted by molar-refractivity contribution is 9.12. The first-order chi connectivity index (χ1) is 14.0. The minimum Gasteiger partial charge on any atom is -0.464 e. The number of halogens is 2. The van der Waals surface area contributed by atoms with Gasteiger partial charge >= 0.3 is 5.97 Å². The van der Waals surface area contributed by atoms with Crippen LogP contribution in [0.3, 0.4) is 0 Å². The molecule has 2 aromatic rings. The van der Waals surface area contributed by atoms with Crippen molar-refractivity contribution >= 4 is 51.0 Å². The summed E-state index contributed by atoms with van der Waals surface area (Å²) in [5.74, 6) is -0.602. The first-order valence-corrected chi connectivity index (χ1v) is 9.61. The summed E-state index contributed by atoms with van der Waals surface area (Å²) in [7, 11) is 2.64. The van der Waals surface area contributed by atoms with Crippen LogP contribution in [0, 0.1) is 0 Å². The number of rotatable bonds is 9. The van der Waals surface area contributed by atoms with Gasteiger partial charge in [-0.15, -0.1) is 0 Å². The highest BCUT2D eigenvalue weighted by Crippen LogP contribution is 2.18. The molecule has 0 amide bonds. The van der Waals surface area contributed by atoms with Crippen molar-refractivity contribution in [1.82, 2.24) is 5.48 Å². The molecule has 0 radical (unpaired) electrons. The van der Waals surface area contributed by atoms with E-state index in [-0.39, 0.29) is 12.3 Å². The molecule has 1 N–H and O–H groups in total. The summed E-state index contributed by atoms with van der Waals surface area (Å²) in [6.45, 7) is 4.13. The lowest BCUT2D eigenvalue weighted by molar-refractivity contribution is -0.132. The zero-order valence-corrected chi connectivity index (χ0v) is 18.3. The zero-order chi connectivity index (χ0) is 21.2. The predicted molar refractivity (Wildman–Crippen MR) is 118 cm³/mol. The Kier molecular flexibility index (Phi) is 8.92. The van der Waals surface area contributed by atoms with Crippen LogP contribution in [0.2, 0.25) is 0 Å². The van der Waals surface area contributed by atoms with Crippen LogP contribution in [-0.2, 0) is 25.8 Å². The number of hydroxylamine groups is 1. The van der Waals surface area contributed by atoms with Crippen LogP contribution in [-0.4, -0.2) is 25.9 Å². The van der Waals surface area contributed by atoms with E-state index in [1.54, 1.807) is 18.2 Å². The molecule has 0 aromatic heterocycles. The Hall–Kier alpha value is -2.61. The van der Waals surface area contributed by atoms with Gasteiger partial charge in [-0.25, -0.2) is 4.79 Å². The minimum atomic E-state index is -0.602. The maximum atomic E-state index is 12.0. The topological polar surface area (TPSA) is 69.1 Å². The molecular formula is C21H20BrClN2O4. The van der Waals surface area contributed by atoms with E-state index in [0.29, 0.717) is 15.2 Å². The molecule has 152 valence electrons. The van der Waals surface area contributed by atoms with E-state index in [0.717, 1.165) is 16.7 Å². The number of nitrogens with zero attached hydrogens (tertiary/aromatic N) is 1. The van der Waals surface area contributed by atoms with Crippen LogP contribution < -0.4 is 5.48 Å². The van der Waals surface area contributed by atoms with Crippen LogP contribution in [0.1, 0.15) is 22.3 Å². The third-order valence-corrected chi connectivity index (χ3v) is 4.13. The zero-order valence-electron chi connectivity index (χ0n) is 15.9. The van der Waals surface area contributed by atoms with Crippen molar-refractivity contribution in [3.05, 3.63) is 81.3 Å². The number of esters is 1. The van der Waals surface area contributed by atoms with E-state index in [2.05, 4.69) is 33.1 Å². The molecule has 0 aliphatic heterocycles. The van der Waals surface area contributed by atoms with Crippen molar-refractivity contribution in [3.63, 3.8) is 0 Å². The molecule has 2 rings (SSSR count). The summed E-state index contributed by atoms with van der Waals surface area (Å²) in [6.07, 6.45) is 1.79. The lowest BCUT2D eigenvalue weighted by Crippen LogP contribution is -2.20. The average molecular weight is 480 g/mol. The maximum Gasteiger partial charge on any atom is 0.360 e. The van der Waals surface area contributed by atoms with Crippen molar-refractivity contribution in [2.24, 2.45) is 5.16 Å². The van der Waals surface area contributed by atoms with Crippen LogP contribution >= 0.6 is 27.5 Å².